The van der Waals surface area contributed by atoms with Crippen LogP contribution < -0.4 is 5.73 Å². The van der Waals surface area contributed by atoms with E-state index < -0.39 is 0 Å². The van der Waals surface area contributed by atoms with Crippen molar-refractivity contribution < 1.29 is 4.79 Å². The third kappa shape index (κ3) is 1.93. The van der Waals surface area contributed by atoms with E-state index in [-0.39, 0.29) is 5.78 Å². The van der Waals surface area contributed by atoms with E-state index in [9.17, 15) is 4.79 Å². The first-order valence-corrected chi connectivity index (χ1v) is 4.82. The molecule has 0 aliphatic carbocycles. The molecular formula is C9H14N4O. The van der Waals surface area contributed by atoms with E-state index >= 15 is 0 Å². The number of rotatable bonds is 3. The normalized spacial score (nSPS) is 17.4. The van der Waals surface area contributed by atoms with Gasteiger partial charge in [0.2, 0.25) is 0 Å². The van der Waals surface area contributed by atoms with Crippen molar-refractivity contribution in [1.29, 1.82) is 0 Å². The molecule has 0 bridgehead atoms. The summed E-state index contributed by atoms with van der Waals surface area (Å²) in [4.78, 5) is 13.8. The number of hydrogen-bond acceptors (Lipinski definition) is 4. The first kappa shape index (κ1) is 9.21. The van der Waals surface area contributed by atoms with Crippen molar-refractivity contribution in [3.8, 4) is 0 Å². The molecule has 1 aromatic heterocycles. The molecule has 0 atom stereocenters. The number of ketones is 1. The van der Waals surface area contributed by atoms with Gasteiger partial charge < -0.3 is 5.73 Å². The molecule has 0 aromatic carbocycles. The van der Waals surface area contributed by atoms with Crippen LogP contribution in [0.25, 0.3) is 0 Å². The van der Waals surface area contributed by atoms with E-state index in [2.05, 4.69) is 15.1 Å². The van der Waals surface area contributed by atoms with Crippen LogP contribution in [-0.4, -0.2) is 40.5 Å². The number of carbonyl (C=O) groups excluding carboxylic acids is 1. The van der Waals surface area contributed by atoms with Gasteiger partial charge in [-0.15, -0.1) is 0 Å². The summed E-state index contributed by atoms with van der Waals surface area (Å²) in [6.07, 6.45) is 2.39. The maximum atomic E-state index is 11.6. The fourth-order valence-electron chi connectivity index (χ4n) is 1.71. The number of likely N-dealkylation sites (tertiary alicyclic amines) is 1. The largest absolute Gasteiger partial charge is 0.382 e. The molecule has 1 aliphatic rings. The maximum Gasteiger partial charge on any atom is 0.194 e. The number of nitrogen functional groups attached to an aromatic ring is 1. The predicted octanol–water partition coefficient (Wildman–Crippen LogP) is 0.270. The molecule has 0 spiro atoms. The number of hydrogen-bond donors (Lipinski definition) is 2. The summed E-state index contributed by atoms with van der Waals surface area (Å²) in [5.74, 6) is 0.436. The topological polar surface area (TPSA) is 75.0 Å². The Balaban J connectivity index is 1.95. The van der Waals surface area contributed by atoms with Crippen LogP contribution >= 0.6 is 0 Å². The van der Waals surface area contributed by atoms with Crippen LogP contribution in [0.1, 0.15) is 23.3 Å². The van der Waals surface area contributed by atoms with Crippen molar-refractivity contribution in [2.75, 3.05) is 25.4 Å². The summed E-state index contributed by atoms with van der Waals surface area (Å²) in [7, 11) is 0. The number of aromatic nitrogens is 2. The van der Waals surface area contributed by atoms with Crippen LogP contribution in [0.15, 0.2) is 6.07 Å². The molecule has 5 nitrogen and oxygen atoms in total. The Kier molecular flexibility index (Phi) is 2.49. The third-order valence-corrected chi connectivity index (χ3v) is 2.46. The Morgan fingerprint density at radius 2 is 2.29 bits per heavy atom. The molecule has 1 saturated heterocycles. The molecule has 3 N–H and O–H groups in total. The van der Waals surface area contributed by atoms with Gasteiger partial charge in [-0.1, -0.05) is 0 Å². The average molecular weight is 194 g/mol. The molecule has 0 radical (unpaired) electrons. The highest BCUT2D eigenvalue weighted by molar-refractivity contribution is 5.96. The number of Topliss-reactive ketones (excluding diaryl/α,β-unsaturated/α-hetero) is 1. The molecular weight excluding hydrogens is 180 g/mol. The molecule has 14 heavy (non-hydrogen) atoms. The van der Waals surface area contributed by atoms with Gasteiger partial charge in [0.1, 0.15) is 11.5 Å². The number of H-pyrrole nitrogens is 1. The fraction of sp³-hybridized carbons (Fsp3) is 0.556. The number of nitrogens with two attached hydrogens (primary N) is 1. The van der Waals surface area contributed by atoms with E-state index in [0.29, 0.717) is 18.1 Å². The Morgan fingerprint density at radius 1 is 1.57 bits per heavy atom. The van der Waals surface area contributed by atoms with Crippen molar-refractivity contribution in [3.63, 3.8) is 0 Å². The zero-order valence-corrected chi connectivity index (χ0v) is 7.99. The van der Waals surface area contributed by atoms with Crippen molar-refractivity contribution >= 4 is 11.6 Å². The zero-order valence-electron chi connectivity index (χ0n) is 7.99. The van der Waals surface area contributed by atoms with Crippen molar-refractivity contribution in [2.45, 2.75) is 12.8 Å². The summed E-state index contributed by atoms with van der Waals surface area (Å²) in [6, 6.07) is 1.58. The molecule has 1 aliphatic heterocycles. The van der Waals surface area contributed by atoms with Gasteiger partial charge in [0.05, 0.1) is 6.54 Å². The highest BCUT2D eigenvalue weighted by atomic mass is 16.1. The number of nitrogens with zero attached hydrogens (tertiary/aromatic N) is 2. The third-order valence-electron chi connectivity index (χ3n) is 2.46. The maximum absolute atomic E-state index is 11.6. The lowest BCUT2D eigenvalue weighted by molar-refractivity contribution is 0.0940. The summed E-state index contributed by atoms with van der Waals surface area (Å²) in [6.45, 7) is 2.52. The van der Waals surface area contributed by atoms with E-state index in [4.69, 9.17) is 5.73 Å². The minimum Gasteiger partial charge on any atom is -0.382 e. The molecule has 2 heterocycles. The van der Waals surface area contributed by atoms with Crippen molar-refractivity contribution in [3.05, 3.63) is 11.8 Å². The molecule has 1 fully saturated rings. The standard InChI is InChI=1S/C9H14N4O/c10-9-5-7(11-12-9)8(14)6-13-3-1-2-4-13/h5H,1-4,6H2,(H3,10,11,12). The van der Waals surface area contributed by atoms with Crippen LogP contribution in [0.4, 0.5) is 5.82 Å². The van der Waals surface area contributed by atoms with Gasteiger partial charge in [-0.3, -0.25) is 14.8 Å². The van der Waals surface area contributed by atoms with Gasteiger partial charge in [-0.2, -0.15) is 5.10 Å². The first-order chi connectivity index (χ1) is 6.75. The molecule has 2 rings (SSSR count). The Labute approximate surface area is 82.3 Å². The van der Waals surface area contributed by atoms with Crippen LogP contribution in [0.5, 0.6) is 0 Å². The van der Waals surface area contributed by atoms with Gasteiger partial charge in [0, 0.05) is 6.07 Å². The summed E-state index contributed by atoms with van der Waals surface area (Å²) >= 11 is 0. The number of nitrogens with one attached hydrogen (secondary N) is 1. The van der Waals surface area contributed by atoms with E-state index in [0.717, 1.165) is 13.1 Å². The molecule has 0 saturated carbocycles. The SMILES string of the molecule is Nc1cc(C(=O)CN2CCCC2)[nH]n1. The summed E-state index contributed by atoms with van der Waals surface area (Å²) in [5, 5.41) is 6.35. The zero-order chi connectivity index (χ0) is 9.97. The van der Waals surface area contributed by atoms with Gasteiger partial charge in [0.25, 0.3) is 0 Å². The van der Waals surface area contributed by atoms with Crippen molar-refractivity contribution in [2.24, 2.45) is 0 Å². The molecule has 5 heteroatoms. The van der Waals surface area contributed by atoms with Crippen molar-refractivity contribution in [1.82, 2.24) is 15.1 Å². The first-order valence-electron chi connectivity index (χ1n) is 4.82. The summed E-state index contributed by atoms with van der Waals surface area (Å²) in [5.41, 5.74) is 5.93. The minimum absolute atomic E-state index is 0.0658. The van der Waals surface area contributed by atoms with E-state index in [1.807, 2.05) is 0 Å². The molecule has 76 valence electrons. The lowest BCUT2D eigenvalue weighted by Gasteiger charge is -2.11. The number of aromatic amines is 1. The second-order valence-corrected chi connectivity index (χ2v) is 3.61. The quantitative estimate of drug-likeness (QED) is 0.677. The van der Waals surface area contributed by atoms with Crippen LogP contribution in [0.2, 0.25) is 0 Å². The lowest BCUT2D eigenvalue weighted by atomic mass is 10.2. The smallest absolute Gasteiger partial charge is 0.194 e. The molecule has 0 amide bonds. The van der Waals surface area contributed by atoms with Crippen LogP contribution in [0.3, 0.4) is 0 Å². The fourth-order valence-corrected chi connectivity index (χ4v) is 1.71. The Morgan fingerprint density at radius 3 is 2.86 bits per heavy atom. The minimum atomic E-state index is 0.0658. The lowest BCUT2D eigenvalue weighted by Crippen LogP contribution is -2.27. The molecule has 1 aromatic rings. The van der Waals surface area contributed by atoms with E-state index in [1.165, 1.54) is 12.8 Å². The highest BCUT2D eigenvalue weighted by Gasteiger charge is 2.17. The second-order valence-electron chi connectivity index (χ2n) is 3.61. The Hall–Kier alpha value is -1.36. The summed E-state index contributed by atoms with van der Waals surface area (Å²) < 4.78 is 0. The number of carbonyl (C=O) groups is 1. The number of anilines is 1. The van der Waals surface area contributed by atoms with Crippen LogP contribution in [0, 0.1) is 0 Å². The predicted molar refractivity (Wildman–Crippen MR) is 53.0 cm³/mol. The Bertz CT molecular complexity index is 327. The monoisotopic (exact) mass is 194 g/mol. The molecule has 0 unspecified atom stereocenters. The van der Waals surface area contributed by atoms with Crippen LogP contribution in [-0.2, 0) is 0 Å². The van der Waals surface area contributed by atoms with Gasteiger partial charge in [-0.05, 0) is 25.9 Å². The van der Waals surface area contributed by atoms with Gasteiger partial charge >= 0.3 is 0 Å². The second kappa shape index (κ2) is 3.79. The van der Waals surface area contributed by atoms with Gasteiger partial charge in [0.15, 0.2) is 5.78 Å². The highest BCUT2D eigenvalue weighted by Crippen LogP contribution is 2.09. The van der Waals surface area contributed by atoms with Gasteiger partial charge in [-0.25, -0.2) is 0 Å². The average Bonchev–Trinajstić information content (AvgIpc) is 2.75. The van der Waals surface area contributed by atoms with E-state index in [1.54, 1.807) is 6.07 Å².